The van der Waals surface area contributed by atoms with Gasteiger partial charge in [-0.15, -0.1) is 0 Å². The van der Waals surface area contributed by atoms with Gasteiger partial charge in [0.25, 0.3) is 0 Å². The van der Waals surface area contributed by atoms with E-state index in [0.29, 0.717) is 13.0 Å². The molecule has 0 aromatic carbocycles. The van der Waals surface area contributed by atoms with Gasteiger partial charge in [0, 0.05) is 12.6 Å². The maximum atomic E-state index is 11.7. The quantitative estimate of drug-likeness (QED) is 0.613. The molecule has 4 nitrogen and oxygen atoms in total. The Morgan fingerprint density at radius 3 is 2.47 bits per heavy atom. The third kappa shape index (κ3) is 10.9. The third-order valence-electron chi connectivity index (χ3n) is 1.57. The van der Waals surface area contributed by atoms with Crippen molar-refractivity contribution in [2.75, 3.05) is 13.1 Å². The monoisotopic (exact) mass is 227 g/mol. The molecule has 0 aromatic rings. The fraction of sp³-hybridized carbons (Fsp3) is 0.875. The van der Waals surface area contributed by atoms with Crippen molar-refractivity contribution in [3.8, 4) is 0 Å². The number of carbonyl (C=O) groups excluding carboxylic acids is 1. The van der Waals surface area contributed by atoms with Crippen molar-refractivity contribution < 1.29 is 18.0 Å². The smallest absolute Gasteiger partial charge is 0.338 e. The number of alkyl halides is 3. The van der Waals surface area contributed by atoms with Crippen LogP contribution < -0.4 is 16.4 Å². The summed E-state index contributed by atoms with van der Waals surface area (Å²) in [6.45, 7) is 0.834. The zero-order chi connectivity index (χ0) is 11.9. The van der Waals surface area contributed by atoms with Crippen LogP contribution in [0.2, 0.25) is 0 Å². The van der Waals surface area contributed by atoms with E-state index < -0.39 is 18.8 Å². The molecule has 2 amide bonds. The van der Waals surface area contributed by atoms with Gasteiger partial charge in [-0.1, -0.05) is 0 Å². The van der Waals surface area contributed by atoms with E-state index in [2.05, 4.69) is 5.32 Å². The first-order valence-corrected chi connectivity index (χ1v) is 4.65. The number of hydrogen-bond donors (Lipinski definition) is 3. The SMILES string of the molecule is CC(N)CCCNC(=O)NCC(F)(F)F. The average molecular weight is 227 g/mol. The van der Waals surface area contributed by atoms with Gasteiger partial charge in [0.05, 0.1) is 0 Å². The molecule has 0 aliphatic rings. The number of halogens is 3. The lowest BCUT2D eigenvalue weighted by atomic mass is 10.2. The Labute approximate surface area is 86.4 Å². The van der Waals surface area contributed by atoms with Crippen molar-refractivity contribution in [1.82, 2.24) is 10.6 Å². The van der Waals surface area contributed by atoms with E-state index >= 15 is 0 Å². The minimum absolute atomic E-state index is 0.0324. The Morgan fingerprint density at radius 1 is 1.40 bits per heavy atom. The minimum atomic E-state index is -4.37. The fourth-order valence-electron chi connectivity index (χ4n) is 0.869. The van der Waals surface area contributed by atoms with Crippen LogP contribution >= 0.6 is 0 Å². The van der Waals surface area contributed by atoms with Crippen LogP contribution in [0, 0.1) is 0 Å². The Hall–Kier alpha value is -0.980. The van der Waals surface area contributed by atoms with Gasteiger partial charge in [-0.2, -0.15) is 13.2 Å². The average Bonchev–Trinajstić information content (AvgIpc) is 2.07. The van der Waals surface area contributed by atoms with Gasteiger partial charge in [0.2, 0.25) is 0 Å². The Kier molecular flexibility index (Phi) is 6.07. The van der Waals surface area contributed by atoms with Gasteiger partial charge in [-0.05, 0) is 19.8 Å². The number of carbonyl (C=O) groups is 1. The summed E-state index contributed by atoms with van der Waals surface area (Å²) in [4.78, 5) is 10.8. The van der Waals surface area contributed by atoms with Crippen LogP contribution in [0.3, 0.4) is 0 Å². The fourth-order valence-corrected chi connectivity index (χ4v) is 0.869. The second-order valence-corrected chi connectivity index (χ2v) is 3.34. The normalized spacial score (nSPS) is 13.4. The summed E-state index contributed by atoms with van der Waals surface area (Å²) in [5.41, 5.74) is 5.45. The van der Waals surface area contributed by atoms with E-state index in [0.717, 1.165) is 6.42 Å². The highest BCUT2D eigenvalue weighted by molar-refractivity contribution is 5.73. The van der Waals surface area contributed by atoms with Gasteiger partial charge in [-0.3, -0.25) is 0 Å². The third-order valence-corrected chi connectivity index (χ3v) is 1.57. The standard InChI is InChI=1S/C8H16F3N3O/c1-6(12)3-2-4-13-7(15)14-5-8(9,10)11/h6H,2-5,12H2,1H3,(H2,13,14,15). The van der Waals surface area contributed by atoms with Crippen LogP contribution in [0.1, 0.15) is 19.8 Å². The lowest BCUT2D eigenvalue weighted by molar-refractivity contribution is -0.122. The second kappa shape index (κ2) is 6.49. The largest absolute Gasteiger partial charge is 0.405 e. The van der Waals surface area contributed by atoms with Crippen LogP contribution in [-0.4, -0.2) is 31.3 Å². The number of rotatable bonds is 5. The minimum Gasteiger partial charge on any atom is -0.338 e. The highest BCUT2D eigenvalue weighted by Gasteiger charge is 2.27. The van der Waals surface area contributed by atoms with Crippen LogP contribution in [-0.2, 0) is 0 Å². The van der Waals surface area contributed by atoms with Crippen LogP contribution in [0.25, 0.3) is 0 Å². The molecule has 1 unspecified atom stereocenters. The van der Waals surface area contributed by atoms with E-state index in [9.17, 15) is 18.0 Å². The second-order valence-electron chi connectivity index (χ2n) is 3.34. The van der Waals surface area contributed by atoms with Crippen molar-refractivity contribution in [2.45, 2.75) is 32.0 Å². The highest BCUT2D eigenvalue weighted by atomic mass is 19.4. The summed E-state index contributed by atoms with van der Waals surface area (Å²) in [6, 6.07) is -0.776. The van der Waals surface area contributed by atoms with Gasteiger partial charge < -0.3 is 16.4 Å². The maximum absolute atomic E-state index is 11.7. The molecule has 4 N–H and O–H groups in total. The molecular formula is C8H16F3N3O. The number of nitrogens with two attached hydrogens (primary N) is 1. The lowest BCUT2D eigenvalue weighted by Crippen LogP contribution is -2.41. The first-order valence-electron chi connectivity index (χ1n) is 4.65. The molecule has 0 heterocycles. The summed E-state index contributed by atoms with van der Waals surface area (Å²) in [5.74, 6) is 0. The molecule has 1 atom stereocenters. The molecule has 90 valence electrons. The summed E-state index contributed by atoms with van der Waals surface area (Å²) >= 11 is 0. The Balaban J connectivity index is 3.42. The summed E-state index contributed by atoms with van der Waals surface area (Å²) in [7, 11) is 0. The van der Waals surface area contributed by atoms with E-state index in [1.165, 1.54) is 0 Å². The van der Waals surface area contributed by atoms with Crippen LogP contribution in [0.4, 0.5) is 18.0 Å². The van der Waals surface area contributed by atoms with Gasteiger partial charge in [-0.25, -0.2) is 4.79 Å². The molecule has 0 aromatic heterocycles. The molecule has 0 saturated carbocycles. The van der Waals surface area contributed by atoms with E-state index in [-0.39, 0.29) is 6.04 Å². The van der Waals surface area contributed by atoms with E-state index in [4.69, 9.17) is 5.73 Å². The van der Waals surface area contributed by atoms with Crippen molar-refractivity contribution in [1.29, 1.82) is 0 Å². The molecule has 0 fully saturated rings. The maximum Gasteiger partial charge on any atom is 0.405 e. The zero-order valence-corrected chi connectivity index (χ0v) is 8.53. The number of urea groups is 1. The van der Waals surface area contributed by atoms with Crippen LogP contribution in [0.5, 0.6) is 0 Å². The molecule has 0 radical (unpaired) electrons. The molecule has 0 aliphatic heterocycles. The molecular weight excluding hydrogens is 211 g/mol. The first kappa shape index (κ1) is 14.0. The molecule has 15 heavy (non-hydrogen) atoms. The van der Waals surface area contributed by atoms with E-state index in [1.807, 2.05) is 6.92 Å². The van der Waals surface area contributed by atoms with Crippen molar-refractivity contribution in [3.05, 3.63) is 0 Å². The first-order chi connectivity index (χ1) is 6.81. The summed E-state index contributed by atoms with van der Waals surface area (Å²) in [6.07, 6.45) is -3.00. The summed E-state index contributed by atoms with van der Waals surface area (Å²) < 4.78 is 35.0. The number of nitrogens with one attached hydrogen (secondary N) is 2. The highest BCUT2D eigenvalue weighted by Crippen LogP contribution is 2.11. The molecule has 0 saturated heterocycles. The predicted molar refractivity (Wildman–Crippen MR) is 50.3 cm³/mol. The molecule has 0 spiro atoms. The predicted octanol–water partition coefficient (Wildman–Crippen LogP) is 0.975. The van der Waals surface area contributed by atoms with Crippen molar-refractivity contribution >= 4 is 6.03 Å². The molecule has 0 rings (SSSR count). The molecule has 0 aliphatic carbocycles. The number of amides is 2. The lowest BCUT2D eigenvalue weighted by Gasteiger charge is -2.10. The molecule has 0 bridgehead atoms. The molecule has 7 heteroatoms. The Bertz CT molecular complexity index is 194. The van der Waals surface area contributed by atoms with Gasteiger partial charge in [0.15, 0.2) is 0 Å². The van der Waals surface area contributed by atoms with E-state index in [1.54, 1.807) is 5.32 Å². The topological polar surface area (TPSA) is 67.1 Å². The van der Waals surface area contributed by atoms with Gasteiger partial charge >= 0.3 is 12.2 Å². The van der Waals surface area contributed by atoms with Crippen molar-refractivity contribution in [2.24, 2.45) is 5.73 Å². The van der Waals surface area contributed by atoms with Crippen LogP contribution in [0.15, 0.2) is 0 Å². The van der Waals surface area contributed by atoms with Gasteiger partial charge in [0.1, 0.15) is 6.54 Å². The summed E-state index contributed by atoms with van der Waals surface area (Å²) in [5, 5.41) is 4.01. The number of hydrogen-bond acceptors (Lipinski definition) is 2. The zero-order valence-electron chi connectivity index (χ0n) is 8.53. The van der Waals surface area contributed by atoms with Crippen molar-refractivity contribution in [3.63, 3.8) is 0 Å². The Morgan fingerprint density at radius 2 is 2.00 bits per heavy atom.